The van der Waals surface area contributed by atoms with Crippen LogP contribution in [0.2, 0.25) is 0 Å². The molecule has 0 radical (unpaired) electrons. The number of para-hydroxylation sites is 1. The van der Waals surface area contributed by atoms with Crippen LogP contribution < -0.4 is 5.56 Å². The van der Waals surface area contributed by atoms with Crippen molar-refractivity contribution in [2.24, 2.45) is 7.05 Å². The second-order valence-corrected chi connectivity index (χ2v) is 6.73. The molecule has 0 atom stereocenters. The van der Waals surface area contributed by atoms with Crippen LogP contribution in [0.4, 0.5) is 0 Å². The summed E-state index contributed by atoms with van der Waals surface area (Å²) in [6.45, 7) is 0. The Hall–Kier alpha value is -4.04. The van der Waals surface area contributed by atoms with Crippen LogP contribution in [0, 0.1) is 11.3 Å². The second-order valence-electron chi connectivity index (χ2n) is 6.73. The molecule has 134 valence electrons. The standard InChI is InChI=1S/C23H16N4O/c1-25-20-7-3-2-6-19(20)22-21(25)14-16(15-24)23(28)27(22)18-10-8-17(9-11-18)26-12-4-5-13-26/h2-14H,1H3. The van der Waals surface area contributed by atoms with E-state index in [0.29, 0.717) is 0 Å². The molecular formula is C23H16N4O. The van der Waals surface area contributed by atoms with Gasteiger partial charge in [0.15, 0.2) is 0 Å². The van der Waals surface area contributed by atoms with E-state index in [4.69, 9.17) is 0 Å². The van der Waals surface area contributed by atoms with Crippen LogP contribution in [-0.4, -0.2) is 13.7 Å². The third kappa shape index (κ3) is 2.22. The summed E-state index contributed by atoms with van der Waals surface area (Å²) in [5.41, 5.74) is 4.26. The molecule has 5 aromatic rings. The molecule has 0 unspecified atom stereocenters. The van der Waals surface area contributed by atoms with Gasteiger partial charge in [0.05, 0.1) is 16.6 Å². The van der Waals surface area contributed by atoms with Gasteiger partial charge in [-0.15, -0.1) is 0 Å². The van der Waals surface area contributed by atoms with Crippen molar-refractivity contribution in [2.45, 2.75) is 0 Å². The minimum absolute atomic E-state index is 0.132. The molecule has 3 aromatic heterocycles. The molecule has 2 aromatic carbocycles. The van der Waals surface area contributed by atoms with Crippen molar-refractivity contribution in [1.29, 1.82) is 5.26 Å². The number of aryl methyl sites for hydroxylation is 1. The van der Waals surface area contributed by atoms with E-state index in [1.54, 1.807) is 10.6 Å². The molecule has 5 heteroatoms. The maximum Gasteiger partial charge on any atom is 0.273 e. The molecule has 0 bridgehead atoms. The van der Waals surface area contributed by atoms with E-state index >= 15 is 0 Å². The molecule has 28 heavy (non-hydrogen) atoms. The number of pyridine rings is 1. The van der Waals surface area contributed by atoms with Crippen molar-refractivity contribution >= 4 is 21.9 Å². The first-order valence-corrected chi connectivity index (χ1v) is 8.96. The Morgan fingerprint density at radius 3 is 2.25 bits per heavy atom. The number of nitrogens with zero attached hydrogens (tertiary/aromatic N) is 4. The molecule has 0 aliphatic heterocycles. The Labute approximate surface area is 160 Å². The quantitative estimate of drug-likeness (QED) is 0.473. The van der Waals surface area contributed by atoms with Gasteiger partial charge in [0.1, 0.15) is 11.6 Å². The van der Waals surface area contributed by atoms with Crippen LogP contribution in [0.15, 0.2) is 83.9 Å². The summed E-state index contributed by atoms with van der Waals surface area (Å²) in [5.74, 6) is 0. The molecule has 0 fully saturated rings. The van der Waals surface area contributed by atoms with Crippen LogP contribution in [0.5, 0.6) is 0 Å². The third-order valence-electron chi connectivity index (χ3n) is 5.19. The SMILES string of the molecule is Cn1c2ccccc2c2c1cc(C#N)c(=O)n2-c1ccc(-n2cccc2)cc1. The van der Waals surface area contributed by atoms with E-state index in [1.807, 2.05) is 89.2 Å². The molecule has 3 heterocycles. The highest BCUT2D eigenvalue weighted by Crippen LogP contribution is 2.29. The summed E-state index contributed by atoms with van der Waals surface area (Å²) < 4.78 is 5.68. The van der Waals surface area contributed by atoms with E-state index in [1.165, 1.54) is 0 Å². The monoisotopic (exact) mass is 364 g/mol. The summed E-state index contributed by atoms with van der Waals surface area (Å²) in [6, 6.07) is 23.4. The number of hydrogen-bond acceptors (Lipinski definition) is 2. The Morgan fingerprint density at radius 2 is 1.54 bits per heavy atom. The average Bonchev–Trinajstić information content (AvgIpc) is 3.36. The fraction of sp³-hybridized carbons (Fsp3) is 0.0435. The number of aromatic nitrogens is 3. The average molecular weight is 364 g/mol. The van der Waals surface area contributed by atoms with Crippen molar-refractivity contribution in [3.8, 4) is 17.4 Å². The minimum atomic E-state index is -0.305. The molecule has 0 saturated heterocycles. The lowest BCUT2D eigenvalue weighted by Crippen LogP contribution is -2.21. The highest BCUT2D eigenvalue weighted by Gasteiger charge is 2.17. The number of fused-ring (bicyclic) bond motifs is 3. The summed E-state index contributed by atoms with van der Waals surface area (Å²) >= 11 is 0. The number of rotatable bonds is 2. The molecule has 5 nitrogen and oxygen atoms in total. The molecule has 0 saturated carbocycles. The summed E-state index contributed by atoms with van der Waals surface area (Å²) in [5, 5.41) is 10.5. The summed E-state index contributed by atoms with van der Waals surface area (Å²) in [4.78, 5) is 13.1. The van der Waals surface area contributed by atoms with Gasteiger partial charge in [-0.05, 0) is 48.5 Å². The zero-order valence-electron chi connectivity index (χ0n) is 15.2. The fourth-order valence-corrected chi connectivity index (χ4v) is 3.82. The van der Waals surface area contributed by atoms with Gasteiger partial charge in [-0.2, -0.15) is 5.26 Å². The van der Waals surface area contributed by atoms with Crippen molar-refractivity contribution < 1.29 is 0 Å². The van der Waals surface area contributed by atoms with Crippen molar-refractivity contribution in [3.05, 3.63) is 95.0 Å². The molecule has 0 spiro atoms. The van der Waals surface area contributed by atoms with Gasteiger partial charge in [0.25, 0.3) is 5.56 Å². The lowest BCUT2D eigenvalue weighted by Gasteiger charge is -2.11. The maximum absolute atomic E-state index is 13.1. The molecule has 5 rings (SSSR count). The maximum atomic E-state index is 13.1. The Morgan fingerprint density at radius 1 is 0.857 bits per heavy atom. The Kier molecular flexibility index (Phi) is 3.46. The highest BCUT2D eigenvalue weighted by atomic mass is 16.1. The molecule has 0 aliphatic rings. The van der Waals surface area contributed by atoms with Crippen molar-refractivity contribution in [2.75, 3.05) is 0 Å². The van der Waals surface area contributed by atoms with Gasteiger partial charge in [0.2, 0.25) is 0 Å². The Balaban J connectivity index is 1.86. The molecule has 0 amide bonds. The fourth-order valence-electron chi connectivity index (χ4n) is 3.82. The summed E-state index contributed by atoms with van der Waals surface area (Å²) in [7, 11) is 1.95. The second kappa shape index (κ2) is 6.00. The predicted molar refractivity (Wildman–Crippen MR) is 110 cm³/mol. The van der Waals surface area contributed by atoms with Crippen molar-refractivity contribution in [1.82, 2.24) is 13.7 Å². The normalized spacial score (nSPS) is 11.1. The van der Waals surface area contributed by atoms with E-state index in [0.717, 1.165) is 33.3 Å². The van der Waals surface area contributed by atoms with Crippen LogP contribution in [0.1, 0.15) is 5.56 Å². The van der Waals surface area contributed by atoms with Gasteiger partial charge < -0.3 is 9.13 Å². The first-order chi connectivity index (χ1) is 13.7. The molecule has 0 N–H and O–H groups in total. The van der Waals surface area contributed by atoms with Crippen LogP contribution >= 0.6 is 0 Å². The van der Waals surface area contributed by atoms with Gasteiger partial charge in [-0.3, -0.25) is 9.36 Å². The summed E-state index contributed by atoms with van der Waals surface area (Å²) in [6.07, 6.45) is 3.95. The first-order valence-electron chi connectivity index (χ1n) is 8.96. The van der Waals surface area contributed by atoms with Gasteiger partial charge >= 0.3 is 0 Å². The number of benzene rings is 2. The largest absolute Gasteiger partial charge is 0.342 e. The lowest BCUT2D eigenvalue weighted by atomic mass is 10.2. The van der Waals surface area contributed by atoms with E-state index in [2.05, 4.69) is 6.07 Å². The van der Waals surface area contributed by atoms with E-state index in [9.17, 15) is 10.1 Å². The van der Waals surface area contributed by atoms with E-state index < -0.39 is 0 Å². The lowest BCUT2D eigenvalue weighted by molar-refractivity contribution is 0.989. The van der Waals surface area contributed by atoms with Gasteiger partial charge in [0, 0.05) is 36.2 Å². The van der Waals surface area contributed by atoms with Crippen LogP contribution in [0.3, 0.4) is 0 Å². The van der Waals surface area contributed by atoms with Gasteiger partial charge in [-0.1, -0.05) is 18.2 Å². The third-order valence-corrected chi connectivity index (χ3v) is 5.19. The molecule has 0 aliphatic carbocycles. The highest BCUT2D eigenvalue weighted by molar-refractivity contribution is 6.06. The number of nitriles is 1. The van der Waals surface area contributed by atoms with Crippen LogP contribution in [-0.2, 0) is 7.05 Å². The first kappa shape index (κ1) is 16.2. The van der Waals surface area contributed by atoms with Crippen molar-refractivity contribution in [3.63, 3.8) is 0 Å². The Bertz CT molecular complexity index is 1430. The zero-order valence-corrected chi connectivity index (χ0v) is 15.2. The minimum Gasteiger partial charge on any atom is -0.342 e. The zero-order chi connectivity index (χ0) is 19.3. The van der Waals surface area contributed by atoms with Crippen LogP contribution in [0.25, 0.3) is 33.3 Å². The molecular weight excluding hydrogens is 348 g/mol. The smallest absolute Gasteiger partial charge is 0.273 e. The number of hydrogen-bond donors (Lipinski definition) is 0. The predicted octanol–water partition coefficient (Wildman–Crippen LogP) is 4.14. The van der Waals surface area contributed by atoms with E-state index in [-0.39, 0.29) is 11.1 Å². The van der Waals surface area contributed by atoms with Gasteiger partial charge in [-0.25, -0.2) is 0 Å². The topological polar surface area (TPSA) is 55.6 Å².